The van der Waals surface area contributed by atoms with E-state index in [9.17, 15) is 18.0 Å². The highest BCUT2D eigenvalue weighted by molar-refractivity contribution is 7.89. The first kappa shape index (κ1) is 22.6. The van der Waals surface area contributed by atoms with Crippen molar-refractivity contribution in [3.63, 3.8) is 0 Å². The van der Waals surface area contributed by atoms with Gasteiger partial charge in [-0.15, -0.1) is 0 Å². The van der Waals surface area contributed by atoms with Crippen LogP contribution < -0.4 is 10.6 Å². The summed E-state index contributed by atoms with van der Waals surface area (Å²) in [6, 6.07) is 6.18. The monoisotopic (exact) mass is 429 g/mol. The SMILES string of the molecule is CCCS(=O)(=O)N1CCCCC1C(=O)NCCCC(=O)Nc1ccc(Cl)cc1. The van der Waals surface area contributed by atoms with Gasteiger partial charge < -0.3 is 10.6 Å². The first-order valence-electron chi connectivity index (χ1n) is 9.66. The molecule has 1 saturated heterocycles. The number of benzene rings is 1. The van der Waals surface area contributed by atoms with Gasteiger partial charge in [0.2, 0.25) is 21.8 Å². The molecule has 0 bridgehead atoms. The Morgan fingerprint density at radius 1 is 1.21 bits per heavy atom. The molecule has 0 radical (unpaired) electrons. The molecule has 0 aliphatic carbocycles. The lowest BCUT2D eigenvalue weighted by Gasteiger charge is -2.33. The second kappa shape index (κ2) is 10.8. The fraction of sp³-hybridized carbons (Fsp3) is 0.579. The van der Waals surface area contributed by atoms with E-state index in [0.717, 1.165) is 12.8 Å². The smallest absolute Gasteiger partial charge is 0.238 e. The third kappa shape index (κ3) is 6.76. The molecule has 1 aliphatic heterocycles. The lowest BCUT2D eigenvalue weighted by Crippen LogP contribution is -2.52. The van der Waals surface area contributed by atoms with E-state index in [1.54, 1.807) is 24.3 Å². The molecule has 1 atom stereocenters. The molecule has 2 amide bonds. The molecule has 28 heavy (non-hydrogen) atoms. The van der Waals surface area contributed by atoms with Crippen LogP contribution in [0.2, 0.25) is 5.02 Å². The van der Waals surface area contributed by atoms with Crippen molar-refractivity contribution in [3.8, 4) is 0 Å². The van der Waals surface area contributed by atoms with E-state index >= 15 is 0 Å². The number of halogens is 1. The summed E-state index contributed by atoms with van der Waals surface area (Å²) >= 11 is 5.81. The van der Waals surface area contributed by atoms with Gasteiger partial charge in [-0.2, -0.15) is 4.31 Å². The van der Waals surface area contributed by atoms with E-state index in [2.05, 4.69) is 10.6 Å². The average Bonchev–Trinajstić information content (AvgIpc) is 2.67. The summed E-state index contributed by atoms with van der Waals surface area (Å²) in [5, 5.41) is 6.14. The third-order valence-corrected chi connectivity index (χ3v) is 6.91. The van der Waals surface area contributed by atoms with Crippen LogP contribution in [-0.4, -0.2) is 49.4 Å². The summed E-state index contributed by atoms with van der Waals surface area (Å²) in [4.78, 5) is 24.5. The summed E-state index contributed by atoms with van der Waals surface area (Å²) in [5.74, 6) is -0.374. The molecule has 1 fully saturated rings. The van der Waals surface area contributed by atoms with Crippen LogP contribution >= 0.6 is 11.6 Å². The topological polar surface area (TPSA) is 95.6 Å². The lowest BCUT2D eigenvalue weighted by molar-refractivity contribution is -0.126. The van der Waals surface area contributed by atoms with Gasteiger partial charge >= 0.3 is 0 Å². The number of nitrogens with zero attached hydrogens (tertiary/aromatic N) is 1. The van der Waals surface area contributed by atoms with Gasteiger partial charge in [0.15, 0.2) is 0 Å². The fourth-order valence-electron chi connectivity index (χ4n) is 3.21. The standard InChI is InChI=1S/C19H28ClN3O4S/c1-2-14-28(26,27)23-13-4-3-6-17(23)19(25)21-12-5-7-18(24)22-16-10-8-15(20)9-11-16/h8-11,17H,2-7,12-14H2,1H3,(H,21,25)(H,22,24). The van der Waals surface area contributed by atoms with Crippen LogP contribution in [0, 0.1) is 0 Å². The number of amides is 2. The number of anilines is 1. The molecule has 1 aliphatic rings. The van der Waals surface area contributed by atoms with Crippen molar-refractivity contribution in [1.82, 2.24) is 9.62 Å². The quantitative estimate of drug-likeness (QED) is 0.590. The molecule has 2 rings (SSSR count). The van der Waals surface area contributed by atoms with Gasteiger partial charge in [-0.05, 0) is 49.9 Å². The van der Waals surface area contributed by atoms with E-state index < -0.39 is 16.1 Å². The molecular weight excluding hydrogens is 402 g/mol. The fourth-order valence-corrected chi connectivity index (χ4v) is 5.08. The first-order chi connectivity index (χ1) is 13.3. The highest BCUT2D eigenvalue weighted by Gasteiger charge is 2.35. The zero-order valence-corrected chi connectivity index (χ0v) is 17.7. The largest absolute Gasteiger partial charge is 0.355 e. The van der Waals surface area contributed by atoms with Gasteiger partial charge in [0.05, 0.1) is 5.75 Å². The second-order valence-corrected chi connectivity index (χ2v) is 9.37. The Morgan fingerprint density at radius 2 is 1.93 bits per heavy atom. The predicted octanol–water partition coefficient (Wildman–Crippen LogP) is 2.77. The van der Waals surface area contributed by atoms with Gasteiger partial charge in [-0.3, -0.25) is 9.59 Å². The normalized spacial score (nSPS) is 17.9. The van der Waals surface area contributed by atoms with Crippen LogP contribution in [0.5, 0.6) is 0 Å². The predicted molar refractivity (Wildman–Crippen MR) is 111 cm³/mol. The van der Waals surface area contributed by atoms with Crippen molar-refractivity contribution in [1.29, 1.82) is 0 Å². The van der Waals surface area contributed by atoms with Gasteiger partial charge in [0.1, 0.15) is 6.04 Å². The number of hydrogen-bond donors (Lipinski definition) is 2. The maximum absolute atomic E-state index is 12.5. The number of nitrogens with one attached hydrogen (secondary N) is 2. The Bertz CT molecular complexity index is 768. The highest BCUT2D eigenvalue weighted by atomic mass is 35.5. The van der Waals surface area contributed by atoms with Crippen LogP contribution in [0.3, 0.4) is 0 Å². The summed E-state index contributed by atoms with van der Waals surface area (Å²) < 4.78 is 26.1. The number of hydrogen-bond acceptors (Lipinski definition) is 4. The van der Waals surface area contributed by atoms with Crippen LogP contribution in [-0.2, 0) is 19.6 Å². The maximum Gasteiger partial charge on any atom is 0.238 e. The third-order valence-electron chi connectivity index (χ3n) is 4.58. The van der Waals surface area contributed by atoms with Crippen molar-refractivity contribution in [2.45, 2.75) is 51.5 Å². The van der Waals surface area contributed by atoms with Crippen molar-refractivity contribution in [2.75, 3.05) is 24.2 Å². The highest BCUT2D eigenvalue weighted by Crippen LogP contribution is 2.21. The average molecular weight is 430 g/mol. The summed E-state index contributed by atoms with van der Waals surface area (Å²) in [6.45, 7) is 2.53. The van der Waals surface area contributed by atoms with E-state index in [4.69, 9.17) is 11.6 Å². The van der Waals surface area contributed by atoms with Crippen molar-refractivity contribution in [2.24, 2.45) is 0 Å². The zero-order chi connectivity index (χ0) is 20.6. The minimum atomic E-state index is -3.41. The Labute approximate surface area is 171 Å². The van der Waals surface area contributed by atoms with E-state index in [-0.39, 0.29) is 24.0 Å². The van der Waals surface area contributed by atoms with Crippen LogP contribution in [0.4, 0.5) is 5.69 Å². The number of carbonyl (C=O) groups is 2. The van der Waals surface area contributed by atoms with Crippen LogP contribution in [0.25, 0.3) is 0 Å². The number of piperidine rings is 1. The molecule has 1 aromatic rings. The zero-order valence-electron chi connectivity index (χ0n) is 16.1. The number of carbonyl (C=O) groups excluding carboxylic acids is 2. The molecule has 1 heterocycles. The van der Waals surface area contributed by atoms with Crippen LogP contribution in [0.15, 0.2) is 24.3 Å². The van der Waals surface area contributed by atoms with Crippen molar-refractivity contribution >= 4 is 39.1 Å². The first-order valence-corrected chi connectivity index (χ1v) is 11.6. The summed E-state index contributed by atoms with van der Waals surface area (Å²) in [6.07, 6.45) is 3.39. The number of sulfonamides is 1. The van der Waals surface area contributed by atoms with E-state index in [0.29, 0.717) is 43.1 Å². The minimum Gasteiger partial charge on any atom is -0.355 e. The molecule has 1 aromatic carbocycles. The van der Waals surface area contributed by atoms with Gasteiger partial charge in [-0.1, -0.05) is 24.9 Å². The molecular formula is C19H28ClN3O4S. The summed E-state index contributed by atoms with van der Waals surface area (Å²) in [5.41, 5.74) is 0.664. The molecule has 0 aromatic heterocycles. The second-order valence-electron chi connectivity index (χ2n) is 6.89. The minimum absolute atomic E-state index is 0.0572. The van der Waals surface area contributed by atoms with E-state index in [1.807, 2.05) is 6.92 Å². The molecule has 1 unspecified atom stereocenters. The van der Waals surface area contributed by atoms with E-state index in [1.165, 1.54) is 4.31 Å². The van der Waals surface area contributed by atoms with Gasteiger partial charge in [0, 0.05) is 30.2 Å². The molecule has 0 saturated carbocycles. The molecule has 9 heteroatoms. The lowest BCUT2D eigenvalue weighted by atomic mass is 10.0. The Kier molecular flexibility index (Phi) is 8.72. The Balaban J connectivity index is 1.77. The summed E-state index contributed by atoms with van der Waals surface area (Å²) in [7, 11) is -3.41. The van der Waals surface area contributed by atoms with Crippen molar-refractivity contribution in [3.05, 3.63) is 29.3 Å². The maximum atomic E-state index is 12.5. The van der Waals surface area contributed by atoms with Crippen LogP contribution in [0.1, 0.15) is 45.4 Å². The van der Waals surface area contributed by atoms with Gasteiger partial charge in [0.25, 0.3) is 0 Å². The molecule has 156 valence electrons. The Morgan fingerprint density at radius 3 is 2.61 bits per heavy atom. The van der Waals surface area contributed by atoms with Gasteiger partial charge in [-0.25, -0.2) is 8.42 Å². The van der Waals surface area contributed by atoms with Crippen molar-refractivity contribution < 1.29 is 18.0 Å². The Hall–Kier alpha value is -1.64. The molecule has 7 nitrogen and oxygen atoms in total. The number of rotatable bonds is 9. The molecule has 2 N–H and O–H groups in total. The molecule has 0 spiro atoms.